The molecule has 1 aromatic carbocycles. The van der Waals surface area contributed by atoms with Crippen molar-refractivity contribution in [3.8, 4) is 0 Å². The highest BCUT2D eigenvalue weighted by Gasteiger charge is 2.21. The van der Waals surface area contributed by atoms with Crippen molar-refractivity contribution in [3.05, 3.63) is 28.2 Å². The summed E-state index contributed by atoms with van der Waals surface area (Å²) in [5.41, 5.74) is 0.298. The molecule has 0 radical (unpaired) electrons. The van der Waals surface area contributed by atoms with E-state index in [4.69, 9.17) is 23.2 Å². The van der Waals surface area contributed by atoms with E-state index < -0.39 is 10.0 Å². The lowest BCUT2D eigenvalue weighted by Crippen LogP contribution is -2.41. The van der Waals surface area contributed by atoms with Crippen molar-refractivity contribution in [2.75, 3.05) is 23.7 Å². The summed E-state index contributed by atoms with van der Waals surface area (Å²) in [4.78, 5) is 11.9. The Labute approximate surface area is 135 Å². The van der Waals surface area contributed by atoms with Gasteiger partial charge in [-0.3, -0.25) is 9.10 Å². The van der Waals surface area contributed by atoms with E-state index in [2.05, 4.69) is 5.32 Å². The normalized spacial score (nSPS) is 11.5. The van der Waals surface area contributed by atoms with E-state index in [1.807, 2.05) is 13.8 Å². The van der Waals surface area contributed by atoms with E-state index in [1.165, 1.54) is 18.2 Å². The number of carbonyl (C=O) groups excluding carboxylic acids is 1. The van der Waals surface area contributed by atoms with Gasteiger partial charge < -0.3 is 5.32 Å². The summed E-state index contributed by atoms with van der Waals surface area (Å²) in [5, 5.41) is 3.22. The largest absolute Gasteiger partial charge is 0.354 e. The molecule has 0 fully saturated rings. The Kier molecular flexibility index (Phi) is 6.31. The Hall–Kier alpha value is -0.980. The van der Waals surface area contributed by atoms with Gasteiger partial charge in [-0.1, -0.05) is 37.0 Å². The van der Waals surface area contributed by atoms with Crippen LogP contribution in [-0.2, 0) is 14.8 Å². The molecular formula is C13H18Cl2N2O3S. The molecule has 1 rings (SSSR count). The van der Waals surface area contributed by atoms with Crippen LogP contribution < -0.4 is 9.62 Å². The number of anilines is 1. The second-order valence-electron chi connectivity index (χ2n) is 5.07. The maximum absolute atomic E-state index is 11.9. The van der Waals surface area contributed by atoms with Gasteiger partial charge in [0.2, 0.25) is 15.9 Å². The molecule has 0 aromatic heterocycles. The Balaban J connectivity index is 2.97. The van der Waals surface area contributed by atoms with Crippen LogP contribution in [0.3, 0.4) is 0 Å². The van der Waals surface area contributed by atoms with Crippen molar-refractivity contribution in [1.29, 1.82) is 0 Å². The van der Waals surface area contributed by atoms with E-state index >= 15 is 0 Å². The number of nitrogens with one attached hydrogen (secondary N) is 1. The average molecular weight is 353 g/mol. The van der Waals surface area contributed by atoms with Gasteiger partial charge in [-0.15, -0.1) is 0 Å². The zero-order chi connectivity index (χ0) is 16.2. The fourth-order valence-corrected chi connectivity index (χ4v) is 2.69. The van der Waals surface area contributed by atoms with Gasteiger partial charge in [0.25, 0.3) is 0 Å². The Morgan fingerprint density at radius 2 is 1.90 bits per heavy atom. The summed E-state index contributed by atoms with van der Waals surface area (Å²) in [6.45, 7) is 4.09. The van der Waals surface area contributed by atoms with E-state index in [9.17, 15) is 13.2 Å². The summed E-state index contributed by atoms with van der Waals surface area (Å²) in [7, 11) is -3.61. The van der Waals surface area contributed by atoms with Crippen molar-refractivity contribution < 1.29 is 13.2 Å². The Morgan fingerprint density at radius 3 is 2.38 bits per heavy atom. The third-order valence-corrected chi connectivity index (χ3v) is 4.47. The second-order valence-corrected chi connectivity index (χ2v) is 7.79. The predicted molar refractivity (Wildman–Crippen MR) is 86.5 cm³/mol. The van der Waals surface area contributed by atoms with E-state index in [0.717, 1.165) is 10.6 Å². The maximum Gasteiger partial charge on any atom is 0.240 e. The number of sulfonamides is 1. The molecule has 0 aliphatic rings. The standard InChI is InChI=1S/C13H18Cl2N2O3S/c1-9(2)7-16-13(18)8-17(21(3,19)20)10-4-5-11(14)12(15)6-10/h4-6,9H,7-8H2,1-3H3,(H,16,18). The Bertz CT molecular complexity index is 618. The van der Waals surface area contributed by atoms with E-state index in [-0.39, 0.29) is 23.4 Å². The van der Waals surface area contributed by atoms with Gasteiger partial charge in [0.05, 0.1) is 22.0 Å². The zero-order valence-electron chi connectivity index (χ0n) is 12.1. The highest BCUT2D eigenvalue weighted by atomic mass is 35.5. The Morgan fingerprint density at radius 1 is 1.29 bits per heavy atom. The first-order chi connectivity index (χ1) is 9.61. The lowest BCUT2D eigenvalue weighted by Gasteiger charge is -2.22. The van der Waals surface area contributed by atoms with Gasteiger partial charge in [0, 0.05) is 6.54 Å². The first-order valence-electron chi connectivity index (χ1n) is 6.30. The molecule has 1 amide bonds. The molecule has 0 unspecified atom stereocenters. The minimum atomic E-state index is -3.61. The van der Waals surface area contributed by atoms with Gasteiger partial charge in [0.15, 0.2) is 0 Å². The van der Waals surface area contributed by atoms with Crippen molar-refractivity contribution in [3.63, 3.8) is 0 Å². The van der Waals surface area contributed by atoms with E-state index in [0.29, 0.717) is 17.3 Å². The van der Waals surface area contributed by atoms with Crippen LogP contribution in [0.4, 0.5) is 5.69 Å². The first-order valence-corrected chi connectivity index (χ1v) is 8.91. The quantitative estimate of drug-likeness (QED) is 0.855. The first kappa shape index (κ1) is 18.1. The molecule has 21 heavy (non-hydrogen) atoms. The summed E-state index contributed by atoms with van der Waals surface area (Å²) in [6.07, 6.45) is 1.03. The summed E-state index contributed by atoms with van der Waals surface area (Å²) in [6, 6.07) is 4.41. The fraction of sp³-hybridized carbons (Fsp3) is 0.462. The molecule has 0 saturated heterocycles. The highest BCUT2D eigenvalue weighted by Crippen LogP contribution is 2.28. The lowest BCUT2D eigenvalue weighted by atomic mass is 10.2. The van der Waals surface area contributed by atoms with Crippen LogP contribution in [-0.4, -0.2) is 33.7 Å². The van der Waals surface area contributed by atoms with Crippen molar-refractivity contribution in [2.45, 2.75) is 13.8 Å². The molecule has 0 heterocycles. The van der Waals surface area contributed by atoms with Crippen molar-refractivity contribution in [1.82, 2.24) is 5.32 Å². The molecule has 5 nitrogen and oxygen atoms in total. The topological polar surface area (TPSA) is 66.5 Å². The number of benzene rings is 1. The SMILES string of the molecule is CC(C)CNC(=O)CN(c1ccc(Cl)c(Cl)c1)S(C)(=O)=O. The molecule has 0 spiro atoms. The summed E-state index contributed by atoms with van der Waals surface area (Å²) >= 11 is 11.7. The molecule has 0 bridgehead atoms. The van der Waals surface area contributed by atoms with Gasteiger partial charge in [-0.05, 0) is 24.1 Å². The third kappa shape index (κ3) is 5.73. The van der Waals surface area contributed by atoms with Crippen LogP contribution >= 0.6 is 23.2 Å². The smallest absolute Gasteiger partial charge is 0.240 e. The number of hydrogen-bond acceptors (Lipinski definition) is 3. The van der Waals surface area contributed by atoms with Gasteiger partial charge in [-0.25, -0.2) is 8.42 Å². The molecule has 0 aliphatic carbocycles. The molecule has 1 N–H and O–H groups in total. The van der Waals surface area contributed by atoms with Crippen molar-refractivity contribution in [2.24, 2.45) is 5.92 Å². The van der Waals surface area contributed by atoms with Crippen LogP contribution in [0.1, 0.15) is 13.8 Å². The molecule has 0 atom stereocenters. The molecule has 0 aliphatic heterocycles. The number of halogens is 2. The minimum absolute atomic E-state index is 0.227. The maximum atomic E-state index is 11.9. The van der Waals surface area contributed by atoms with Crippen LogP contribution in [0, 0.1) is 5.92 Å². The number of rotatable bonds is 6. The molecule has 1 aromatic rings. The summed E-state index contributed by atoms with van der Waals surface area (Å²) in [5.74, 6) is -0.0918. The van der Waals surface area contributed by atoms with Gasteiger partial charge in [0.1, 0.15) is 6.54 Å². The van der Waals surface area contributed by atoms with Crippen LogP contribution in [0.15, 0.2) is 18.2 Å². The fourth-order valence-electron chi connectivity index (χ4n) is 1.54. The second kappa shape index (κ2) is 7.33. The molecule has 0 saturated carbocycles. The molecule has 8 heteroatoms. The van der Waals surface area contributed by atoms with Gasteiger partial charge in [-0.2, -0.15) is 0 Å². The third-order valence-electron chi connectivity index (χ3n) is 2.59. The minimum Gasteiger partial charge on any atom is -0.354 e. The average Bonchev–Trinajstić information content (AvgIpc) is 2.35. The summed E-state index contributed by atoms with van der Waals surface area (Å²) < 4.78 is 24.7. The zero-order valence-corrected chi connectivity index (χ0v) is 14.4. The van der Waals surface area contributed by atoms with Crippen LogP contribution in [0.25, 0.3) is 0 Å². The monoisotopic (exact) mass is 352 g/mol. The molecular weight excluding hydrogens is 335 g/mol. The number of hydrogen-bond donors (Lipinski definition) is 1. The lowest BCUT2D eigenvalue weighted by molar-refractivity contribution is -0.119. The number of amides is 1. The van der Waals surface area contributed by atoms with Crippen LogP contribution in [0.5, 0.6) is 0 Å². The van der Waals surface area contributed by atoms with Crippen molar-refractivity contribution >= 4 is 44.8 Å². The highest BCUT2D eigenvalue weighted by molar-refractivity contribution is 7.92. The van der Waals surface area contributed by atoms with Crippen LogP contribution in [0.2, 0.25) is 10.0 Å². The molecule has 118 valence electrons. The van der Waals surface area contributed by atoms with E-state index in [1.54, 1.807) is 0 Å². The van der Waals surface area contributed by atoms with Gasteiger partial charge >= 0.3 is 0 Å². The number of carbonyl (C=O) groups is 1. The predicted octanol–water partition coefficient (Wildman–Crippen LogP) is 2.53. The number of nitrogens with zero attached hydrogens (tertiary/aromatic N) is 1.